The first kappa shape index (κ1) is 15.8. The van der Waals surface area contributed by atoms with Gasteiger partial charge in [-0.15, -0.1) is 0 Å². The van der Waals surface area contributed by atoms with Crippen LogP contribution in [0.3, 0.4) is 0 Å². The lowest BCUT2D eigenvalue weighted by molar-refractivity contribution is 0.448. The van der Waals surface area contributed by atoms with Gasteiger partial charge in [-0.2, -0.15) is 0 Å². The van der Waals surface area contributed by atoms with Crippen LogP contribution in [0.4, 0.5) is 18.9 Å². The fourth-order valence-electron chi connectivity index (χ4n) is 1.65. The third-order valence-electron chi connectivity index (χ3n) is 2.61. The molecule has 0 amide bonds. The summed E-state index contributed by atoms with van der Waals surface area (Å²) < 4.78 is 65.6. The van der Waals surface area contributed by atoms with Crippen LogP contribution in [0.2, 0.25) is 0 Å². The van der Waals surface area contributed by atoms with Crippen LogP contribution in [0.15, 0.2) is 39.7 Å². The Labute approximate surface area is 128 Å². The van der Waals surface area contributed by atoms with Gasteiger partial charge in [-0.25, -0.2) is 21.6 Å². The lowest BCUT2D eigenvalue weighted by Crippen LogP contribution is -2.14. The van der Waals surface area contributed by atoms with Gasteiger partial charge in [0.05, 0.1) is 5.69 Å². The van der Waals surface area contributed by atoms with Gasteiger partial charge in [0.25, 0.3) is 10.0 Å². The molecule has 0 bridgehead atoms. The van der Waals surface area contributed by atoms with Crippen molar-refractivity contribution < 1.29 is 21.6 Å². The van der Waals surface area contributed by atoms with E-state index in [4.69, 9.17) is 0 Å². The standard InChI is InChI=1S/C13H9BrF3NO2S/c1-7-2-3-12(9(14)4-7)21(19,20)18-8-5-10(15)13(17)11(16)6-8/h2-6,18H,1H3. The number of hydrogen-bond donors (Lipinski definition) is 1. The van der Waals surface area contributed by atoms with Crippen molar-refractivity contribution in [3.8, 4) is 0 Å². The molecule has 1 N–H and O–H groups in total. The van der Waals surface area contributed by atoms with Crippen molar-refractivity contribution in [2.24, 2.45) is 0 Å². The van der Waals surface area contributed by atoms with Crippen molar-refractivity contribution in [1.29, 1.82) is 0 Å². The highest BCUT2D eigenvalue weighted by Gasteiger charge is 2.19. The number of rotatable bonds is 3. The summed E-state index contributed by atoms with van der Waals surface area (Å²) in [6.45, 7) is 1.78. The molecule has 3 nitrogen and oxygen atoms in total. The Hall–Kier alpha value is -1.54. The first-order chi connectivity index (χ1) is 9.70. The lowest BCUT2D eigenvalue weighted by Gasteiger charge is -2.10. The molecule has 21 heavy (non-hydrogen) atoms. The van der Waals surface area contributed by atoms with Gasteiger partial charge in [0.15, 0.2) is 17.5 Å². The Morgan fingerprint density at radius 3 is 2.14 bits per heavy atom. The normalized spacial score (nSPS) is 11.5. The minimum Gasteiger partial charge on any atom is -0.279 e. The molecule has 0 aromatic heterocycles. The van der Waals surface area contributed by atoms with E-state index in [1.54, 1.807) is 19.1 Å². The maximum absolute atomic E-state index is 13.1. The summed E-state index contributed by atoms with van der Waals surface area (Å²) in [7, 11) is -4.06. The van der Waals surface area contributed by atoms with E-state index < -0.39 is 33.2 Å². The van der Waals surface area contributed by atoms with Gasteiger partial charge in [0.2, 0.25) is 0 Å². The van der Waals surface area contributed by atoms with Gasteiger partial charge in [0, 0.05) is 16.6 Å². The Morgan fingerprint density at radius 2 is 1.62 bits per heavy atom. The SMILES string of the molecule is Cc1ccc(S(=O)(=O)Nc2cc(F)c(F)c(F)c2)c(Br)c1. The molecule has 0 saturated carbocycles. The molecule has 0 unspecified atom stereocenters. The van der Waals surface area contributed by atoms with Gasteiger partial charge in [-0.05, 0) is 40.5 Å². The molecule has 0 heterocycles. The van der Waals surface area contributed by atoms with Crippen LogP contribution >= 0.6 is 15.9 Å². The van der Waals surface area contributed by atoms with Gasteiger partial charge < -0.3 is 0 Å². The van der Waals surface area contributed by atoms with Crippen LogP contribution < -0.4 is 4.72 Å². The average Bonchev–Trinajstić information content (AvgIpc) is 2.34. The van der Waals surface area contributed by atoms with Crippen molar-refractivity contribution in [2.75, 3.05) is 4.72 Å². The molecule has 2 aromatic rings. The van der Waals surface area contributed by atoms with E-state index >= 15 is 0 Å². The predicted molar refractivity (Wildman–Crippen MR) is 76.0 cm³/mol. The lowest BCUT2D eigenvalue weighted by atomic mass is 10.2. The van der Waals surface area contributed by atoms with Crippen LogP contribution in [0.25, 0.3) is 0 Å². The molecule has 0 aliphatic carbocycles. The van der Waals surface area contributed by atoms with Crippen molar-refractivity contribution in [2.45, 2.75) is 11.8 Å². The van der Waals surface area contributed by atoms with Crippen molar-refractivity contribution in [3.63, 3.8) is 0 Å². The van der Waals surface area contributed by atoms with E-state index in [0.717, 1.165) is 5.56 Å². The monoisotopic (exact) mass is 379 g/mol. The fourth-order valence-corrected chi connectivity index (χ4v) is 3.88. The number of sulfonamides is 1. The molecule has 2 rings (SSSR count). The first-order valence-corrected chi connectivity index (χ1v) is 7.92. The van der Waals surface area contributed by atoms with Crippen LogP contribution in [-0.2, 0) is 10.0 Å². The van der Waals surface area contributed by atoms with E-state index in [1.165, 1.54) is 6.07 Å². The highest BCUT2D eigenvalue weighted by atomic mass is 79.9. The zero-order chi connectivity index (χ0) is 15.8. The Bertz CT molecular complexity index is 786. The second kappa shape index (κ2) is 5.69. The molecule has 8 heteroatoms. The van der Waals surface area contributed by atoms with Crippen LogP contribution in [0.1, 0.15) is 5.56 Å². The minimum absolute atomic E-state index is 0.0989. The third-order valence-corrected chi connectivity index (χ3v) is 4.97. The minimum atomic E-state index is -4.06. The summed E-state index contributed by atoms with van der Waals surface area (Å²) in [5.41, 5.74) is 0.429. The van der Waals surface area contributed by atoms with E-state index in [0.29, 0.717) is 16.6 Å². The number of benzene rings is 2. The second-order valence-electron chi connectivity index (χ2n) is 4.29. The number of halogens is 4. The quantitative estimate of drug-likeness (QED) is 0.819. The Morgan fingerprint density at radius 1 is 1.05 bits per heavy atom. The van der Waals surface area contributed by atoms with Gasteiger partial charge >= 0.3 is 0 Å². The van der Waals surface area contributed by atoms with E-state index in [1.807, 2.05) is 4.72 Å². The molecular weight excluding hydrogens is 371 g/mol. The highest BCUT2D eigenvalue weighted by Crippen LogP contribution is 2.26. The number of aryl methyl sites for hydroxylation is 1. The molecule has 2 aromatic carbocycles. The number of hydrogen-bond acceptors (Lipinski definition) is 2. The highest BCUT2D eigenvalue weighted by molar-refractivity contribution is 9.10. The number of anilines is 1. The summed E-state index contributed by atoms with van der Waals surface area (Å²) in [5, 5.41) is 0. The summed E-state index contributed by atoms with van der Waals surface area (Å²) in [4.78, 5) is -0.0989. The summed E-state index contributed by atoms with van der Waals surface area (Å²) in [6.07, 6.45) is 0. The van der Waals surface area contributed by atoms with Crippen LogP contribution in [0.5, 0.6) is 0 Å². The van der Waals surface area contributed by atoms with Crippen LogP contribution in [0, 0.1) is 24.4 Å². The smallest absolute Gasteiger partial charge is 0.263 e. The average molecular weight is 380 g/mol. The molecule has 0 atom stereocenters. The fraction of sp³-hybridized carbons (Fsp3) is 0.0769. The summed E-state index contributed by atoms with van der Waals surface area (Å²) in [6, 6.07) is 5.64. The second-order valence-corrected chi connectivity index (χ2v) is 6.80. The molecule has 0 fully saturated rings. The van der Waals surface area contributed by atoms with Gasteiger partial charge in [0.1, 0.15) is 4.90 Å². The van der Waals surface area contributed by atoms with Crippen LogP contribution in [-0.4, -0.2) is 8.42 Å². The largest absolute Gasteiger partial charge is 0.279 e. The number of nitrogens with one attached hydrogen (secondary N) is 1. The molecule has 0 saturated heterocycles. The summed E-state index contributed by atoms with van der Waals surface area (Å²) in [5.74, 6) is -4.61. The Kier molecular flexibility index (Phi) is 4.29. The molecular formula is C13H9BrF3NO2S. The van der Waals surface area contributed by atoms with Gasteiger partial charge in [-0.1, -0.05) is 6.07 Å². The van der Waals surface area contributed by atoms with E-state index in [-0.39, 0.29) is 4.90 Å². The maximum Gasteiger partial charge on any atom is 0.263 e. The molecule has 0 spiro atoms. The summed E-state index contributed by atoms with van der Waals surface area (Å²) >= 11 is 3.11. The molecule has 0 aliphatic heterocycles. The molecule has 0 radical (unpaired) electrons. The first-order valence-electron chi connectivity index (χ1n) is 5.64. The topological polar surface area (TPSA) is 46.2 Å². The zero-order valence-corrected chi connectivity index (χ0v) is 13.0. The molecule has 0 aliphatic rings. The predicted octanol–water partition coefficient (Wildman–Crippen LogP) is 3.98. The van der Waals surface area contributed by atoms with Crippen molar-refractivity contribution in [3.05, 3.63) is 57.8 Å². The Balaban J connectivity index is 2.42. The maximum atomic E-state index is 13.1. The van der Waals surface area contributed by atoms with Gasteiger partial charge in [-0.3, -0.25) is 4.72 Å². The van der Waals surface area contributed by atoms with Crippen molar-refractivity contribution in [1.82, 2.24) is 0 Å². The van der Waals surface area contributed by atoms with E-state index in [9.17, 15) is 21.6 Å². The zero-order valence-electron chi connectivity index (χ0n) is 10.6. The van der Waals surface area contributed by atoms with E-state index in [2.05, 4.69) is 15.9 Å². The molecule has 112 valence electrons. The van der Waals surface area contributed by atoms with Crippen molar-refractivity contribution >= 4 is 31.6 Å². The third kappa shape index (κ3) is 3.38.